The summed E-state index contributed by atoms with van der Waals surface area (Å²) in [4.78, 5) is 11.1. The van der Waals surface area contributed by atoms with Gasteiger partial charge in [0.25, 0.3) is 0 Å². The van der Waals surface area contributed by atoms with E-state index < -0.39 is 31.3 Å². The normalized spacial score (nSPS) is 12.8. The summed E-state index contributed by atoms with van der Waals surface area (Å²) in [5, 5.41) is 9.18. The molecule has 0 saturated heterocycles. The quantitative estimate of drug-likeness (QED) is 0.816. The van der Waals surface area contributed by atoms with E-state index in [4.69, 9.17) is 4.74 Å². The lowest BCUT2D eigenvalue weighted by molar-refractivity contribution is -0.156. The van der Waals surface area contributed by atoms with Crippen LogP contribution in [0.15, 0.2) is 24.3 Å². The highest BCUT2D eigenvalue weighted by atomic mass is 19.4. The lowest BCUT2D eigenvalue weighted by Crippen LogP contribution is -2.25. The van der Waals surface area contributed by atoms with Gasteiger partial charge in [-0.05, 0) is 17.7 Å². The molecule has 1 atom stereocenters. The summed E-state index contributed by atoms with van der Waals surface area (Å²) in [5.41, 5.74) is 0.611. The second kappa shape index (κ2) is 7.14. The number of hydrogen-bond acceptors (Lipinski definition) is 4. The maximum atomic E-state index is 12.0. The molecule has 4 nitrogen and oxygen atoms in total. The number of methoxy groups -OCH3 is 1. The second-order valence-electron chi connectivity index (χ2n) is 4.18. The summed E-state index contributed by atoms with van der Waals surface area (Å²) in [6.45, 7) is -0.471. The SMILES string of the molecule is COC(=O)Cc1cccc(OCC(O)CC(F)(F)F)c1. The molecule has 1 aromatic carbocycles. The Morgan fingerprint density at radius 3 is 2.70 bits per heavy atom. The Hall–Kier alpha value is -1.76. The van der Waals surface area contributed by atoms with Crippen LogP contribution in [-0.2, 0) is 16.0 Å². The fourth-order valence-corrected chi connectivity index (χ4v) is 1.50. The lowest BCUT2D eigenvalue weighted by atomic mass is 10.1. The summed E-state index contributed by atoms with van der Waals surface area (Å²) in [6, 6.07) is 6.30. The van der Waals surface area contributed by atoms with Gasteiger partial charge >= 0.3 is 12.1 Å². The molecule has 1 rings (SSSR count). The van der Waals surface area contributed by atoms with Gasteiger partial charge in [-0.25, -0.2) is 0 Å². The average molecular weight is 292 g/mol. The molecule has 0 radical (unpaired) electrons. The number of carbonyl (C=O) groups excluding carboxylic acids is 1. The predicted molar refractivity (Wildman–Crippen MR) is 64.3 cm³/mol. The molecule has 0 fully saturated rings. The van der Waals surface area contributed by atoms with Gasteiger partial charge in [0.15, 0.2) is 0 Å². The Morgan fingerprint density at radius 2 is 2.10 bits per heavy atom. The standard InChI is InChI=1S/C13H15F3O4/c1-19-12(18)6-9-3-2-4-11(5-9)20-8-10(17)7-13(14,15)16/h2-5,10,17H,6-8H2,1H3. The number of alkyl halides is 3. The molecule has 0 heterocycles. The third kappa shape index (κ3) is 6.42. The topological polar surface area (TPSA) is 55.8 Å². The third-order valence-corrected chi connectivity index (χ3v) is 2.38. The number of aliphatic hydroxyl groups is 1. The van der Waals surface area contributed by atoms with Crippen molar-refractivity contribution in [2.45, 2.75) is 25.1 Å². The fraction of sp³-hybridized carbons (Fsp3) is 0.462. The van der Waals surface area contributed by atoms with E-state index in [0.29, 0.717) is 5.56 Å². The molecule has 20 heavy (non-hydrogen) atoms. The van der Waals surface area contributed by atoms with E-state index in [1.54, 1.807) is 12.1 Å². The molecule has 1 unspecified atom stereocenters. The molecule has 0 bridgehead atoms. The number of rotatable bonds is 6. The van der Waals surface area contributed by atoms with E-state index >= 15 is 0 Å². The van der Waals surface area contributed by atoms with Crippen LogP contribution in [0.5, 0.6) is 5.75 Å². The average Bonchev–Trinajstić information content (AvgIpc) is 2.34. The van der Waals surface area contributed by atoms with Gasteiger partial charge in [0.1, 0.15) is 12.4 Å². The van der Waals surface area contributed by atoms with Crippen LogP contribution in [0.1, 0.15) is 12.0 Å². The van der Waals surface area contributed by atoms with Gasteiger partial charge in [0, 0.05) is 0 Å². The largest absolute Gasteiger partial charge is 0.491 e. The molecular weight excluding hydrogens is 277 g/mol. The molecule has 0 aliphatic carbocycles. The van der Waals surface area contributed by atoms with E-state index in [0.717, 1.165) is 0 Å². The Morgan fingerprint density at radius 1 is 1.40 bits per heavy atom. The lowest BCUT2D eigenvalue weighted by Gasteiger charge is -2.14. The highest BCUT2D eigenvalue weighted by Gasteiger charge is 2.31. The van der Waals surface area contributed by atoms with Gasteiger partial charge in [0.05, 0.1) is 26.1 Å². The van der Waals surface area contributed by atoms with Crippen LogP contribution >= 0.6 is 0 Å². The molecule has 0 aliphatic heterocycles. The minimum absolute atomic E-state index is 0.0405. The van der Waals surface area contributed by atoms with Gasteiger partial charge in [-0.1, -0.05) is 12.1 Å². The first-order chi connectivity index (χ1) is 9.30. The summed E-state index contributed by atoms with van der Waals surface area (Å²) < 4.78 is 45.6. The first kappa shape index (κ1) is 16.3. The molecule has 0 amide bonds. The molecule has 1 N–H and O–H groups in total. The Labute approximate surface area is 114 Å². The summed E-state index contributed by atoms with van der Waals surface area (Å²) in [6.07, 6.45) is -7.34. The minimum Gasteiger partial charge on any atom is -0.491 e. The van der Waals surface area contributed by atoms with E-state index in [9.17, 15) is 23.1 Å². The van der Waals surface area contributed by atoms with Crippen molar-refractivity contribution in [1.82, 2.24) is 0 Å². The van der Waals surface area contributed by atoms with Crippen molar-refractivity contribution in [2.24, 2.45) is 0 Å². The number of ether oxygens (including phenoxy) is 2. The summed E-state index contributed by atoms with van der Waals surface area (Å²) in [7, 11) is 1.26. The molecular formula is C13H15F3O4. The van der Waals surface area contributed by atoms with E-state index in [2.05, 4.69) is 4.74 Å². The Balaban J connectivity index is 2.52. The van der Waals surface area contributed by atoms with Crippen LogP contribution in [0.4, 0.5) is 13.2 Å². The van der Waals surface area contributed by atoms with E-state index in [1.165, 1.54) is 19.2 Å². The molecule has 0 aliphatic rings. The summed E-state index contributed by atoms with van der Waals surface area (Å²) in [5.74, 6) is -0.146. The smallest absolute Gasteiger partial charge is 0.391 e. The van der Waals surface area contributed by atoms with Crippen molar-refractivity contribution < 1.29 is 32.5 Å². The van der Waals surface area contributed by atoms with E-state index in [1.807, 2.05) is 0 Å². The van der Waals surface area contributed by atoms with Crippen LogP contribution in [0.2, 0.25) is 0 Å². The highest BCUT2D eigenvalue weighted by molar-refractivity contribution is 5.72. The maximum absolute atomic E-state index is 12.0. The monoisotopic (exact) mass is 292 g/mol. The van der Waals surface area contributed by atoms with Gasteiger partial charge in [-0.3, -0.25) is 4.79 Å². The van der Waals surface area contributed by atoms with Crippen molar-refractivity contribution >= 4 is 5.97 Å². The van der Waals surface area contributed by atoms with Gasteiger partial charge in [-0.2, -0.15) is 13.2 Å². The van der Waals surface area contributed by atoms with E-state index in [-0.39, 0.29) is 12.2 Å². The maximum Gasteiger partial charge on any atom is 0.391 e. The van der Waals surface area contributed by atoms with Gasteiger partial charge < -0.3 is 14.6 Å². The Bertz CT molecular complexity index is 445. The molecule has 7 heteroatoms. The number of hydrogen-bond donors (Lipinski definition) is 1. The summed E-state index contributed by atoms with van der Waals surface area (Å²) >= 11 is 0. The van der Waals surface area contributed by atoms with Gasteiger partial charge in [-0.15, -0.1) is 0 Å². The number of halogens is 3. The van der Waals surface area contributed by atoms with Crippen molar-refractivity contribution in [2.75, 3.05) is 13.7 Å². The van der Waals surface area contributed by atoms with Crippen molar-refractivity contribution in [1.29, 1.82) is 0 Å². The molecule has 1 aromatic rings. The van der Waals surface area contributed by atoms with Crippen molar-refractivity contribution in [3.8, 4) is 5.75 Å². The number of esters is 1. The Kier molecular flexibility index (Phi) is 5.82. The zero-order valence-electron chi connectivity index (χ0n) is 10.8. The van der Waals surface area contributed by atoms with Crippen molar-refractivity contribution in [3.63, 3.8) is 0 Å². The minimum atomic E-state index is -4.44. The second-order valence-corrected chi connectivity index (χ2v) is 4.18. The van der Waals surface area contributed by atoms with Crippen molar-refractivity contribution in [3.05, 3.63) is 29.8 Å². The fourth-order valence-electron chi connectivity index (χ4n) is 1.50. The molecule has 0 aromatic heterocycles. The third-order valence-electron chi connectivity index (χ3n) is 2.38. The molecule has 0 spiro atoms. The van der Waals surface area contributed by atoms with Crippen LogP contribution in [0.25, 0.3) is 0 Å². The van der Waals surface area contributed by atoms with Crippen LogP contribution < -0.4 is 4.74 Å². The van der Waals surface area contributed by atoms with Crippen LogP contribution in [-0.4, -0.2) is 37.1 Å². The highest BCUT2D eigenvalue weighted by Crippen LogP contribution is 2.22. The van der Waals surface area contributed by atoms with Crippen LogP contribution in [0, 0.1) is 0 Å². The van der Waals surface area contributed by atoms with Crippen LogP contribution in [0.3, 0.4) is 0 Å². The van der Waals surface area contributed by atoms with Gasteiger partial charge in [0.2, 0.25) is 0 Å². The number of carbonyl (C=O) groups is 1. The molecule has 0 saturated carbocycles. The first-order valence-electron chi connectivity index (χ1n) is 5.83. The first-order valence-corrected chi connectivity index (χ1v) is 5.83. The number of benzene rings is 1. The predicted octanol–water partition coefficient (Wildman–Crippen LogP) is 2.09. The molecule has 112 valence electrons. The number of aliphatic hydroxyl groups excluding tert-OH is 1. The zero-order valence-corrected chi connectivity index (χ0v) is 10.8. The zero-order chi connectivity index (χ0) is 15.2.